The highest BCUT2D eigenvalue weighted by atomic mass is 19.3. The van der Waals surface area contributed by atoms with Crippen molar-refractivity contribution < 1.29 is 22.9 Å². The van der Waals surface area contributed by atoms with Crippen LogP contribution in [0.3, 0.4) is 0 Å². The van der Waals surface area contributed by atoms with Crippen LogP contribution in [0.15, 0.2) is 36.4 Å². The molecule has 2 heterocycles. The second-order valence-corrected chi connectivity index (χ2v) is 9.02. The molecular formula is C22H26BF2NO3. The Morgan fingerprint density at radius 1 is 1.00 bits per heavy atom. The highest BCUT2D eigenvalue weighted by molar-refractivity contribution is 6.65. The summed E-state index contributed by atoms with van der Waals surface area (Å²) in [7, 11) is -0.562. The third-order valence-electron chi connectivity index (χ3n) is 6.37. The van der Waals surface area contributed by atoms with Crippen LogP contribution in [0.2, 0.25) is 0 Å². The summed E-state index contributed by atoms with van der Waals surface area (Å²) >= 11 is 0. The van der Waals surface area contributed by atoms with Crippen LogP contribution < -0.4 is 5.46 Å². The molecule has 4 rings (SSSR count). The summed E-state index contributed by atoms with van der Waals surface area (Å²) < 4.78 is 40.0. The van der Waals surface area contributed by atoms with Crippen molar-refractivity contribution in [2.24, 2.45) is 0 Å². The molecule has 2 aromatic carbocycles. The molecule has 2 aromatic rings. The van der Waals surface area contributed by atoms with Crippen molar-refractivity contribution in [2.75, 3.05) is 13.1 Å². The molecule has 0 atom stereocenters. The number of hydrogen-bond donors (Lipinski definition) is 0. The average molecular weight is 401 g/mol. The second kappa shape index (κ2) is 6.78. The number of fused-ring (bicyclic) bond motifs is 1. The van der Waals surface area contributed by atoms with Gasteiger partial charge in [0.05, 0.1) is 17.7 Å². The van der Waals surface area contributed by atoms with Gasteiger partial charge >= 0.3 is 7.12 Å². The number of carbonyl (C=O) groups is 1. The Morgan fingerprint density at radius 2 is 1.62 bits per heavy atom. The Hall–Kier alpha value is -1.99. The third-order valence-corrected chi connectivity index (χ3v) is 6.37. The summed E-state index contributed by atoms with van der Waals surface area (Å²) in [4.78, 5) is 14.3. The summed E-state index contributed by atoms with van der Waals surface area (Å²) in [6.07, 6.45) is 0.140. The lowest BCUT2D eigenvalue weighted by atomic mass is 9.75. The van der Waals surface area contributed by atoms with E-state index in [1.54, 1.807) is 12.1 Å². The van der Waals surface area contributed by atoms with Crippen LogP contribution in [-0.4, -0.2) is 48.1 Å². The summed E-state index contributed by atoms with van der Waals surface area (Å²) in [5.74, 6) is -3.19. The van der Waals surface area contributed by atoms with E-state index >= 15 is 0 Å². The van der Waals surface area contributed by atoms with E-state index in [1.165, 1.54) is 4.90 Å². The maximum atomic E-state index is 13.8. The number of amides is 1. The first-order valence-electron chi connectivity index (χ1n) is 10.1. The molecule has 0 N–H and O–H groups in total. The fourth-order valence-corrected chi connectivity index (χ4v) is 4.01. The smallest absolute Gasteiger partial charge is 0.399 e. The van der Waals surface area contributed by atoms with E-state index < -0.39 is 30.8 Å². The molecule has 4 nitrogen and oxygen atoms in total. The van der Waals surface area contributed by atoms with Crippen molar-refractivity contribution in [1.82, 2.24) is 4.90 Å². The van der Waals surface area contributed by atoms with Gasteiger partial charge in [-0.2, -0.15) is 0 Å². The van der Waals surface area contributed by atoms with Gasteiger partial charge in [0.2, 0.25) is 0 Å². The fraction of sp³-hybridized carbons (Fsp3) is 0.500. The zero-order valence-electron chi connectivity index (χ0n) is 17.3. The van der Waals surface area contributed by atoms with Gasteiger partial charge in [0.1, 0.15) is 0 Å². The number of nitrogens with zero attached hydrogens (tertiary/aromatic N) is 1. The molecule has 2 saturated heterocycles. The van der Waals surface area contributed by atoms with Gasteiger partial charge in [-0.15, -0.1) is 0 Å². The molecule has 29 heavy (non-hydrogen) atoms. The molecular weight excluding hydrogens is 375 g/mol. The predicted molar refractivity (Wildman–Crippen MR) is 110 cm³/mol. The molecule has 2 aliphatic rings. The van der Waals surface area contributed by atoms with E-state index in [4.69, 9.17) is 9.31 Å². The van der Waals surface area contributed by atoms with Gasteiger partial charge in [-0.3, -0.25) is 4.79 Å². The van der Waals surface area contributed by atoms with Crippen molar-refractivity contribution in [3.63, 3.8) is 0 Å². The minimum atomic E-state index is -2.83. The van der Waals surface area contributed by atoms with Crippen molar-refractivity contribution >= 4 is 29.3 Å². The van der Waals surface area contributed by atoms with Crippen molar-refractivity contribution in [2.45, 2.75) is 57.7 Å². The number of alkyl halides is 2. The first-order valence-corrected chi connectivity index (χ1v) is 10.1. The van der Waals surface area contributed by atoms with Crippen molar-refractivity contribution in [1.29, 1.82) is 0 Å². The lowest BCUT2D eigenvalue weighted by Crippen LogP contribution is -2.45. The van der Waals surface area contributed by atoms with Gasteiger partial charge in [-0.25, -0.2) is 8.78 Å². The van der Waals surface area contributed by atoms with Gasteiger partial charge in [-0.1, -0.05) is 30.3 Å². The molecule has 0 aromatic heterocycles. The molecule has 2 fully saturated rings. The highest BCUT2D eigenvalue weighted by Gasteiger charge is 2.52. The Bertz CT molecular complexity index is 944. The molecule has 7 heteroatoms. The van der Waals surface area contributed by atoms with Crippen molar-refractivity contribution in [3.05, 3.63) is 42.0 Å². The Labute approximate surface area is 170 Å². The Balaban J connectivity index is 1.72. The highest BCUT2D eigenvalue weighted by Crippen LogP contribution is 2.37. The van der Waals surface area contributed by atoms with Gasteiger partial charge in [-0.05, 0) is 56.4 Å². The van der Waals surface area contributed by atoms with Gasteiger partial charge < -0.3 is 14.2 Å². The maximum absolute atomic E-state index is 13.8. The van der Waals surface area contributed by atoms with E-state index in [0.29, 0.717) is 18.5 Å². The average Bonchev–Trinajstić information content (AvgIpc) is 2.86. The van der Waals surface area contributed by atoms with E-state index in [2.05, 4.69) is 0 Å². The minimum absolute atomic E-state index is 0.168. The molecule has 2 aliphatic heterocycles. The number of carbonyl (C=O) groups excluding carboxylic acids is 1. The Kier molecular flexibility index (Phi) is 4.74. The molecule has 0 unspecified atom stereocenters. The molecule has 0 spiro atoms. The van der Waals surface area contributed by atoms with Crippen LogP contribution in [0.25, 0.3) is 10.8 Å². The van der Waals surface area contributed by atoms with Crippen molar-refractivity contribution in [3.8, 4) is 0 Å². The summed E-state index contributed by atoms with van der Waals surface area (Å²) in [6.45, 7) is 7.78. The molecule has 0 saturated carbocycles. The predicted octanol–water partition coefficient (Wildman–Crippen LogP) is 4.01. The quantitative estimate of drug-likeness (QED) is 0.714. The number of benzene rings is 2. The number of rotatable bonds is 2. The third kappa shape index (κ3) is 3.55. The summed E-state index contributed by atoms with van der Waals surface area (Å²) in [5.41, 5.74) is 0.303. The molecule has 0 bridgehead atoms. The van der Waals surface area contributed by atoms with Crippen LogP contribution in [0.1, 0.15) is 50.9 Å². The maximum Gasteiger partial charge on any atom is 0.495 e. The largest absolute Gasteiger partial charge is 0.495 e. The minimum Gasteiger partial charge on any atom is -0.399 e. The first-order chi connectivity index (χ1) is 13.5. The number of halogens is 2. The lowest BCUT2D eigenvalue weighted by Gasteiger charge is -2.32. The van der Waals surface area contributed by atoms with Crippen LogP contribution in [0, 0.1) is 0 Å². The van der Waals surface area contributed by atoms with E-state index in [-0.39, 0.29) is 12.3 Å². The second-order valence-electron chi connectivity index (χ2n) is 9.02. The normalized spacial score (nSPS) is 22.8. The standard InChI is InChI=1S/C22H26BF2NO3/c1-20(2)21(3,4)29-23(28-20)18-11-6-8-15-16(18)9-5-10-17(15)19(27)26-13-7-12-22(24,25)14-26/h5-6,8-11H,7,12-14H2,1-4H3. The lowest BCUT2D eigenvalue weighted by molar-refractivity contribution is -0.0560. The number of piperidine rings is 1. The monoisotopic (exact) mass is 401 g/mol. The van der Waals surface area contributed by atoms with E-state index in [9.17, 15) is 13.6 Å². The Morgan fingerprint density at radius 3 is 2.28 bits per heavy atom. The zero-order valence-corrected chi connectivity index (χ0v) is 17.3. The number of hydrogen-bond acceptors (Lipinski definition) is 3. The summed E-state index contributed by atoms with van der Waals surface area (Å²) in [6, 6.07) is 11.0. The van der Waals surface area contributed by atoms with Crippen LogP contribution >= 0.6 is 0 Å². The zero-order chi connectivity index (χ0) is 21.0. The van der Waals surface area contributed by atoms with E-state index in [0.717, 1.165) is 16.2 Å². The van der Waals surface area contributed by atoms with Gasteiger partial charge in [0, 0.05) is 18.5 Å². The first kappa shape index (κ1) is 20.3. The SMILES string of the molecule is CC1(C)OB(c2cccc3c(C(=O)N4CCCC(F)(F)C4)cccc23)OC1(C)C. The molecule has 154 valence electrons. The molecule has 1 amide bonds. The molecule has 0 radical (unpaired) electrons. The van der Waals surface area contributed by atoms with Crippen LogP contribution in [0.5, 0.6) is 0 Å². The fourth-order valence-electron chi connectivity index (χ4n) is 4.01. The van der Waals surface area contributed by atoms with Gasteiger partial charge in [0.25, 0.3) is 11.8 Å². The topological polar surface area (TPSA) is 38.8 Å². The van der Waals surface area contributed by atoms with Crippen LogP contribution in [-0.2, 0) is 9.31 Å². The molecule has 0 aliphatic carbocycles. The van der Waals surface area contributed by atoms with Crippen LogP contribution in [0.4, 0.5) is 8.78 Å². The summed E-state index contributed by atoms with van der Waals surface area (Å²) in [5, 5.41) is 1.55. The van der Waals surface area contributed by atoms with Gasteiger partial charge in [0.15, 0.2) is 0 Å². The number of likely N-dealkylation sites (tertiary alicyclic amines) is 1. The van der Waals surface area contributed by atoms with E-state index in [1.807, 2.05) is 52.0 Å².